The zero-order chi connectivity index (χ0) is 21.2. The van der Waals surface area contributed by atoms with Crippen LogP contribution in [0.4, 0.5) is 15.3 Å². The summed E-state index contributed by atoms with van der Waals surface area (Å²) in [6.45, 7) is 0.535. The van der Waals surface area contributed by atoms with Crippen LogP contribution < -0.4 is 20.1 Å². The number of carbonyl (C=O) groups excluding carboxylic acids is 2. The number of urea groups is 2. The van der Waals surface area contributed by atoms with Crippen LogP contribution in [-0.2, 0) is 6.54 Å². The van der Waals surface area contributed by atoms with Crippen molar-refractivity contribution in [1.82, 2.24) is 10.2 Å². The Kier molecular flexibility index (Phi) is 5.19. The lowest BCUT2D eigenvalue weighted by Gasteiger charge is -2.42. The number of amidine groups is 1. The molecule has 2 aliphatic heterocycles. The number of hydrogen-bond acceptors (Lipinski definition) is 4. The van der Waals surface area contributed by atoms with Crippen LogP contribution in [0.2, 0.25) is 0 Å². The normalized spacial score (nSPS) is 23.3. The van der Waals surface area contributed by atoms with Gasteiger partial charge in [0.15, 0.2) is 11.5 Å². The number of anilines is 1. The summed E-state index contributed by atoms with van der Waals surface area (Å²) in [7, 11) is 0. The van der Waals surface area contributed by atoms with E-state index in [4.69, 9.17) is 9.47 Å². The Balaban J connectivity index is 1.41. The van der Waals surface area contributed by atoms with Crippen molar-refractivity contribution in [2.24, 2.45) is 10.9 Å². The number of amides is 4. The summed E-state index contributed by atoms with van der Waals surface area (Å²) < 4.78 is 10.7. The summed E-state index contributed by atoms with van der Waals surface area (Å²) >= 11 is 0. The molecular weight excluding hydrogens is 396 g/mol. The van der Waals surface area contributed by atoms with Crippen molar-refractivity contribution in [2.45, 2.75) is 38.3 Å². The first kappa shape index (κ1) is 19.4. The number of ether oxygens (including phenoxy) is 2. The Bertz CT molecular complexity index is 1020. The molecule has 2 atom stereocenters. The fraction of sp³-hybridized carbons (Fsp3) is 0.348. The van der Waals surface area contributed by atoms with E-state index in [1.54, 1.807) is 23.1 Å². The lowest BCUT2D eigenvalue weighted by Crippen LogP contribution is -2.60. The minimum absolute atomic E-state index is 0.0189. The maximum absolute atomic E-state index is 12.9. The number of fused-ring (bicyclic) bond motifs is 2. The lowest BCUT2D eigenvalue weighted by molar-refractivity contribution is 0.174. The first-order chi connectivity index (χ1) is 15.2. The van der Waals surface area contributed by atoms with Crippen LogP contribution >= 0.6 is 0 Å². The molecule has 1 aliphatic carbocycles. The van der Waals surface area contributed by atoms with Crippen molar-refractivity contribution in [1.29, 1.82) is 0 Å². The van der Waals surface area contributed by atoms with Gasteiger partial charge in [0.05, 0.1) is 6.54 Å². The van der Waals surface area contributed by atoms with E-state index < -0.39 is 6.03 Å². The molecule has 8 nitrogen and oxygen atoms in total. The fourth-order valence-corrected chi connectivity index (χ4v) is 4.45. The standard InChI is InChI=1S/C23H24N4O4/c28-22(24-16-10-11-19-20(12-16)31-14-30-19)26-21-17-8-4-5-9-18(17)25-23(29)27(21)13-15-6-2-1-3-7-15/h1-3,6-7,10-12,17-18H,4-5,8-9,13-14H2,(H,24,28)(H,25,29)/b26-21+. The molecule has 160 valence electrons. The second-order valence-electron chi connectivity index (χ2n) is 7.99. The Hall–Kier alpha value is -3.55. The minimum atomic E-state index is -0.508. The van der Waals surface area contributed by atoms with Crippen molar-refractivity contribution in [3.63, 3.8) is 0 Å². The molecule has 2 aromatic carbocycles. The number of rotatable bonds is 3. The van der Waals surface area contributed by atoms with Gasteiger partial charge in [0.25, 0.3) is 0 Å². The van der Waals surface area contributed by atoms with Gasteiger partial charge < -0.3 is 20.1 Å². The molecule has 0 spiro atoms. The highest BCUT2D eigenvalue weighted by atomic mass is 16.7. The monoisotopic (exact) mass is 420 g/mol. The highest BCUT2D eigenvalue weighted by molar-refractivity contribution is 6.08. The summed E-state index contributed by atoms with van der Waals surface area (Å²) in [4.78, 5) is 31.7. The summed E-state index contributed by atoms with van der Waals surface area (Å²) in [5.41, 5.74) is 1.55. The van der Waals surface area contributed by atoms with E-state index in [9.17, 15) is 9.59 Å². The van der Waals surface area contributed by atoms with Crippen molar-refractivity contribution in [3.05, 3.63) is 54.1 Å². The predicted molar refractivity (Wildman–Crippen MR) is 115 cm³/mol. The molecule has 0 aromatic heterocycles. The van der Waals surface area contributed by atoms with E-state index in [2.05, 4.69) is 15.6 Å². The predicted octanol–water partition coefficient (Wildman–Crippen LogP) is 4.13. The zero-order valence-corrected chi connectivity index (χ0v) is 17.0. The summed E-state index contributed by atoms with van der Waals surface area (Å²) in [6.07, 6.45) is 3.92. The Morgan fingerprint density at radius 2 is 1.90 bits per heavy atom. The Labute approximate surface area is 180 Å². The van der Waals surface area contributed by atoms with E-state index in [0.717, 1.165) is 31.2 Å². The first-order valence-corrected chi connectivity index (χ1v) is 10.6. The van der Waals surface area contributed by atoms with Gasteiger partial charge in [0, 0.05) is 23.7 Å². The smallest absolute Gasteiger partial charge is 0.347 e. The molecule has 1 saturated carbocycles. The van der Waals surface area contributed by atoms with Crippen molar-refractivity contribution < 1.29 is 19.1 Å². The third-order valence-electron chi connectivity index (χ3n) is 5.95. The topological polar surface area (TPSA) is 92.3 Å². The van der Waals surface area contributed by atoms with Gasteiger partial charge in [-0.2, -0.15) is 4.99 Å². The second-order valence-corrected chi connectivity index (χ2v) is 7.99. The maximum Gasteiger partial charge on any atom is 0.347 e. The lowest BCUT2D eigenvalue weighted by atomic mass is 9.82. The average Bonchev–Trinajstić information content (AvgIpc) is 3.25. The number of benzene rings is 2. The maximum atomic E-state index is 12.9. The number of aliphatic imine (C=N–C) groups is 1. The van der Waals surface area contributed by atoms with Crippen molar-refractivity contribution in [2.75, 3.05) is 12.1 Å². The summed E-state index contributed by atoms with van der Waals surface area (Å²) in [6, 6.07) is 14.2. The highest BCUT2D eigenvalue weighted by Gasteiger charge is 2.40. The molecule has 1 saturated heterocycles. The molecule has 2 heterocycles. The molecule has 0 bridgehead atoms. The number of carbonyl (C=O) groups is 2. The second kappa shape index (κ2) is 8.29. The molecule has 31 heavy (non-hydrogen) atoms. The molecule has 2 unspecified atom stereocenters. The van der Waals surface area contributed by atoms with Crippen molar-refractivity contribution >= 4 is 23.6 Å². The van der Waals surface area contributed by atoms with E-state index in [1.165, 1.54) is 0 Å². The largest absolute Gasteiger partial charge is 0.454 e. The molecule has 2 aromatic rings. The van der Waals surface area contributed by atoms with Crippen LogP contribution in [0.15, 0.2) is 53.5 Å². The van der Waals surface area contributed by atoms with Gasteiger partial charge in [-0.15, -0.1) is 0 Å². The van der Waals surface area contributed by atoms with Crippen LogP contribution in [0.1, 0.15) is 31.2 Å². The first-order valence-electron chi connectivity index (χ1n) is 10.6. The molecule has 8 heteroatoms. The number of nitrogens with zero attached hydrogens (tertiary/aromatic N) is 2. The van der Waals surface area contributed by atoms with Crippen molar-refractivity contribution in [3.8, 4) is 11.5 Å². The zero-order valence-electron chi connectivity index (χ0n) is 17.0. The van der Waals surface area contributed by atoms with E-state index in [-0.39, 0.29) is 24.8 Å². The summed E-state index contributed by atoms with van der Waals surface area (Å²) in [5.74, 6) is 1.79. The van der Waals surface area contributed by atoms with E-state index in [1.807, 2.05) is 30.3 Å². The molecular formula is C23H24N4O4. The van der Waals surface area contributed by atoms with Gasteiger partial charge in [-0.3, -0.25) is 4.90 Å². The van der Waals surface area contributed by atoms with E-state index in [0.29, 0.717) is 29.6 Å². The minimum Gasteiger partial charge on any atom is -0.454 e. The molecule has 3 aliphatic rings. The Morgan fingerprint density at radius 1 is 1.10 bits per heavy atom. The van der Waals surface area contributed by atoms with Crippen LogP contribution in [0.5, 0.6) is 11.5 Å². The highest BCUT2D eigenvalue weighted by Crippen LogP contribution is 2.34. The van der Waals surface area contributed by atoms with E-state index >= 15 is 0 Å². The van der Waals surface area contributed by atoms with Gasteiger partial charge >= 0.3 is 12.1 Å². The molecule has 0 radical (unpaired) electrons. The van der Waals surface area contributed by atoms with Gasteiger partial charge in [0.1, 0.15) is 5.84 Å². The molecule has 2 fully saturated rings. The fourth-order valence-electron chi connectivity index (χ4n) is 4.45. The van der Waals surface area contributed by atoms with Gasteiger partial charge in [-0.1, -0.05) is 43.2 Å². The molecule has 2 N–H and O–H groups in total. The van der Waals surface area contributed by atoms with Crippen LogP contribution in [0.25, 0.3) is 0 Å². The number of nitrogens with one attached hydrogen (secondary N) is 2. The van der Waals surface area contributed by atoms with Gasteiger partial charge in [-0.05, 0) is 30.5 Å². The molecule has 4 amide bonds. The third kappa shape index (κ3) is 4.05. The van der Waals surface area contributed by atoms with Crippen LogP contribution in [0.3, 0.4) is 0 Å². The Morgan fingerprint density at radius 3 is 2.77 bits per heavy atom. The van der Waals surface area contributed by atoms with Crippen LogP contribution in [0, 0.1) is 5.92 Å². The number of hydrogen-bond donors (Lipinski definition) is 2. The average molecular weight is 420 g/mol. The van der Waals surface area contributed by atoms with Gasteiger partial charge in [0.2, 0.25) is 6.79 Å². The SMILES string of the molecule is O=C(/N=C1\C2CCCCC2NC(=O)N1Cc1ccccc1)Nc1ccc2c(c1)OCO2. The quantitative estimate of drug-likeness (QED) is 0.781. The van der Waals surface area contributed by atoms with Gasteiger partial charge in [-0.25, -0.2) is 9.59 Å². The summed E-state index contributed by atoms with van der Waals surface area (Å²) in [5, 5.41) is 5.91. The molecule has 5 rings (SSSR count). The van der Waals surface area contributed by atoms with Crippen LogP contribution in [-0.4, -0.2) is 35.6 Å². The third-order valence-corrected chi connectivity index (χ3v) is 5.95.